The fraction of sp³-hybridized carbons (Fsp3) is 0.286. The van der Waals surface area contributed by atoms with Crippen molar-refractivity contribution in [1.82, 2.24) is 9.71 Å². The van der Waals surface area contributed by atoms with Crippen LogP contribution < -0.4 is 10.0 Å². The standard InChI is InChI=1S/C14H17N3O3S2/c1-8-5-11(6-12(10(8)3)22(19,20)15-4)13(18)17-14-16-9(2)7-21-14/h5-7,15H,1-4H3,(H,16,17,18). The lowest BCUT2D eigenvalue weighted by molar-refractivity contribution is 0.102. The molecule has 0 aliphatic carbocycles. The number of hydrogen-bond acceptors (Lipinski definition) is 5. The molecule has 1 amide bonds. The molecule has 0 radical (unpaired) electrons. The van der Waals surface area contributed by atoms with E-state index in [0.717, 1.165) is 11.3 Å². The van der Waals surface area contributed by atoms with E-state index in [9.17, 15) is 13.2 Å². The van der Waals surface area contributed by atoms with Crippen molar-refractivity contribution in [1.29, 1.82) is 0 Å². The van der Waals surface area contributed by atoms with E-state index in [0.29, 0.717) is 10.7 Å². The minimum Gasteiger partial charge on any atom is -0.298 e. The van der Waals surface area contributed by atoms with Crippen molar-refractivity contribution in [2.45, 2.75) is 25.7 Å². The zero-order chi connectivity index (χ0) is 16.5. The second kappa shape index (κ2) is 6.15. The lowest BCUT2D eigenvalue weighted by Crippen LogP contribution is -2.21. The van der Waals surface area contributed by atoms with E-state index in [-0.39, 0.29) is 16.4 Å². The number of benzene rings is 1. The van der Waals surface area contributed by atoms with Gasteiger partial charge in [0.15, 0.2) is 5.13 Å². The second-order valence-electron chi connectivity index (χ2n) is 4.87. The first-order valence-corrected chi connectivity index (χ1v) is 8.89. The number of thiazole rings is 1. The van der Waals surface area contributed by atoms with Crippen molar-refractivity contribution in [2.75, 3.05) is 12.4 Å². The average Bonchev–Trinajstić information content (AvgIpc) is 2.86. The molecule has 0 saturated heterocycles. The van der Waals surface area contributed by atoms with E-state index in [1.807, 2.05) is 12.3 Å². The zero-order valence-electron chi connectivity index (χ0n) is 12.7. The van der Waals surface area contributed by atoms with E-state index in [1.165, 1.54) is 24.5 Å². The number of amides is 1. The molecule has 2 N–H and O–H groups in total. The van der Waals surface area contributed by atoms with Crippen LogP contribution in [0.1, 0.15) is 27.2 Å². The van der Waals surface area contributed by atoms with Crippen molar-refractivity contribution in [2.24, 2.45) is 0 Å². The van der Waals surface area contributed by atoms with Gasteiger partial charge in [-0.05, 0) is 51.1 Å². The lowest BCUT2D eigenvalue weighted by atomic mass is 10.1. The van der Waals surface area contributed by atoms with Crippen molar-refractivity contribution in [3.63, 3.8) is 0 Å². The largest absolute Gasteiger partial charge is 0.298 e. The van der Waals surface area contributed by atoms with Gasteiger partial charge in [-0.1, -0.05) is 0 Å². The molecule has 118 valence electrons. The summed E-state index contributed by atoms with van der Waals surface area (Å²) < 4.78 is 26.4. The zero-order valence-corrected chi connectivity index (χ0v) is 14.4. The summed E-state index contributed by atoms with van der Waals surface area (Å²) in [6.45, 7) is 5.32. The number of carbonyl (C=O) groups is 1. The van der Waals surface area contributed by atoms with E-state index < -0.39 is 10.0 Å². The molecule has 0 aliphatic rings. The highest BCUT2D eigenvalue weighted by molar-refractivity contribution is 7.89. The van der Waals surface area contributed by atoms with E-state index >= 15 is 0 Å². The predicted molar refractivity (Wildman–Crippen MR) is 87.0 cm³/mol. The van der Waals surface area contributed by atoms with Gasteiger partial charge in [0.05, 0.1) is 10.6 Å². The summed E-state index contributed by atoms with van der Waals surface area (Å²) in [6, 6.07) is 3.05. The molecule has 6 nitrogen and oxygen atoms in total. The summed E-state index contributed by atoms with van der Waals surface area (Å²) in [5.41, 5.74) is 2.46. The van der Waals surface area contributed by atoms with Crippen LogP contribution >= 0.6 is 11.3 Å². The molecule has 0 fully saturated rings. The molecule has 1 heterocycles. The molecule has 1 aromatic carbocycles. The smallest absolute Gasteiger partial charge is 0.257 e. The third-order valence-electron chi connectivity index (χ3n) is 3.28. The summed E-state index contributed by atoms with van der Waals surface area (Å²) in [5.74, 6) is -0.384. The third-order valence-corrected chi connectivity index (χ3v) is 5.70. The summed E-state index contributed by atoms with van der Waals surface area (Å²) in [4.78, 5) is 16.6. The van der Waals surface area contributed by atoms with Gasteiger partial charge in [0, 0.05) is 10.9 Å². The van der Waals surface area contributed by atoms with Crippen molar-refractivity contribution in [3.8, 4) is 0 Å². The third kappa shape index (κ3) is 3.34. The Hall–Kier alpha value is -1.77. The van der Waals surface area contributed by atoms with Crippen LogP contribution in [0.15, 0.2) is 22.4 Å². The Morgan fingerprint density at radius 1 is 1.23 bits per heavy atom. The van der Waals surface area contributed by atoms with Gasteiger partial charge >= 0.3 is 0 Å². The molecule has 2 rings (SSSR count). The monoisotopic (exact) mass is 339 g/mol. The molecular weight excluding hydrogens is 322 g/mol. The maximum atomic E-state index is 12.3. The minimum absolute atomic E-state index is 0.107. The van der Waals surface area contributed by atoms with Gasteiger partial charge in [0.25, 0.3) is 5.91 Å². The SMILES string of the molecule is CNS(=O)(=O)c1cc(C(=O)Nc2nc(C)cs2)cc(C)c1C. The van der Waals surface area contributed by atoms with Crippen molar-refractivity contribution in [3.05, 3.63) is 39.9 Å². The normalized spacial score (nSPS) is 11.5. The molecule has 0 spiro atoms. The van der Waals surface area contributed by atoms with Gasteiger partial charge in [-0.3, -0.25) is 10.1 Å². The predicted octanol–water partition coefficient (Wildman–Crippen LogP) is 2.23. The number of carbonyl (C=O) groups excluding carboxylic acids is 1. The highest BCUT2D eigenvalue weighted by Gasteiger charge is 2.19. The van der Waals surface area contributed by atoms with Crippen LogP contribution in [-0.2, 0) is 10.0 Å². The second-order valence-corrected chi connectivity index (χ2v) is 7.59. The molecule has 0 saturated carbocycles. The Morgan fingerprint density at radius 2 is 1.91 bits per heavy atom. The lowest BCUT2D eigenvalue weighted by Gasteiger charge is -2.12. The topological polar surface area (TPSA) is 88.2 Å². The highest BCUT2D eigenvalue weighted by atomic mass is 32.2. The maximum absolute atomic E-state index is 12.3. The summed E-state index contributed by atoms with van der Waals surface area (Å²) in [7, 11) is -2.28. The number of aryl methyl sites for hydroxylation is 2. The summed E-state index contributed by atoms with van der Waals surface area (Å²) in [5, 5.41) is 4.99. The Morgan fingerprint density at radius 3 is 2.45 bits per heavy atom. The van der Waals surface area contributed by atoms with Gasteiger partial charge < -0.3 is 0 Å². The Kier molecular flexibility index (Phi) is 4.64. The fourth-order valence-corrected chi connectivity index (χ4v) is 3.68. The quantitative estimate of drug-likeness (QED) is 0.894. The molecule has 0 bridgehead atoms. The molecule has 2 aromatic rings. The number of rotatable bonds is 4. The van der Waals surface area contributed by atoms with E-state index in [2.05, 4.69) is 15.0 Å². The number of anilines is 1. The van der Waals surface area contributed by atoms with Crippen LogP contribution in [0.5, 0.6) is 0 Å². The molecular formula is C14H17N3O3S2. The first kappa shape index (κ1) is 16.6. The maximum Gasteiger partial charge on any atom is 0.257 e. The van der Waals surface area contributed by atoms with Gasteiger partial charge in [0.2, 0.25) is 10.0 Å². The van der Waals surface area contributed by atoms with Crippen LogP contribution in [0.2, 0.25) is 0 Å². The number of sulfonamides is 1. The summed E-state index contributed by atoms with van der Waals surface area (Å²) >= 11 is 1.32. The Labute approximate surface area is 133 Å². The highest BCUT2D eigenvalue weighted by Crippen LogP contribution is 2.22. The summed E-state index contributed by atoms with van der Waals surface area (Å²) in [6.07, 6.45) is 0. The Balaban J connectivity index is 2.41. The van der Waals surface area contributed by atoms with Gasteiger partial charge in [0.1, 0.15) is 0 Å². The van der Waals surface area contributed by atoms with Gasteiger partial charge in [-0.25, -0.2) is 18.1 Å². The van der Waals surface area contributed by atoms with Crippen molar-refractivity contribution < 1.29 is 13.2 Å². The first-order valence-electron chi connectivity index (χ1n) is 6.53. The molecule has 0 unspecified atom stereocenters. The minimum atomic E-state index is -3.62. The number of hydrogen-bond donors (Lipinski definition) is 2. The number of nitrogens with one attached hydrogen (secondary N) is 2. The van der Waals surface area contributed by atoms with Gasteiger partial charge in [-0.2, -0.15) is 0 Å². The van der Waals surface area contributed by atoms with E-state index in [1.54, 1.807) is 19.9 Å². The Bertz CT molecular complexity index is 826. The molecule has 0 aliphatic heterocycles. The average molecular weight is 339 g/mol. The van der Waals surface area contributed by atoms with E-state index in [4.69, 9.17) is 0 Å². The molecule has 1 aromatic heterocycles. The van der Waals surface area contributed by atoms with Crippen LogP contribution in [0, 0.1) is 20.8 Å². The van der Waals surface area contributed by atoms with Crippen LogP contribution in [0.25, 0.3) is 0 Å². The fourth-order valence-electron chi connectivity index (χ4n) is 1.93. The molecule has 0 atom stereocenters. The van der Waals surface area contributed by atoms with Crippen LogP contribution in [-0.4, -0.2) is 26.4 Å². The first-order chi connectivity index (χ1) is 10.2. The number of nitrogens with zero attached hydrogens (tertiary/aromatic N) is 1. The van der Waals surface area contributed by atoms with Crippen LogP contribution in [0.3, 0.4) is 0 Å². The number of aromatic nitrogens is 1. The van der Waals surface area contributed by atoms with Crippen LogP contribution in [0.4, 0.5) is 5.13 Å². The van der Waals surface area contributed by atoms with Crippen molar-refractivity contribution >= 4 is 32.4 Å². The molecule has 8 heteroatoms. The molecule has 22 heavy (non-hydrogen) atoms. The van der Waals surface area contributed by atoms with Gasteiger partial charge in [-0.15, -0.1) is 11.3 Å².